The quantitative estimate of drug-likeness (QED) is 0.471. The summed E-state index contributed by atoms with van der Waals surface area (Å²) >= 11 is 0. The summed E-state index contributed by atoms with van der Waals surface area (Å²) in [6, 6.07) is 23.5. The van der Waals surface area contributed by atoms with Gasteiger partial charge in [-0.05, 0) is 48.9 Å². The van der Waals surface area contributed by atoms with Gasteiger partial charge in [0.25, 0.3) is 10.0 Å². The third kappa shape index (κ3) is 4.44. The number of nitrogens with zero attached hydrogens (tertiary/aromatic N) is 3. The third-order valence-corrected chi connectivity index (χ3v) is 6.34. The van der Waals surface area contributed by atoms with Crippen molar-refractivity contribution in [2.45, 2.75) is 18.4 Å². The van der Waals surface area contributed by atoms with E-state index in [0.717, 1.165) is 15.2 Å². The van der Waals surface area contributed by atoms with E-state index in [-0.39, 0.29) is 10.8 Å². The van der Waals surface area contributed by atoms with Crippen molar-refractivity contribution in [1.82, 2.24) is 14.2 Å². The van der Waals surface area contributed by atoms with Crippen LogP contribution >= 0.6 is 0 Å². The fraction of sp³-hybridized carbons (Fsp3) is 0.130. The number of methoxy groups -OCH3 is 1. The minimum atomic E-state index is -3.93. The number of hydrogen-bond acceptors (Lipinski definition) is 6. The van der Waals surface area contributed by atoms with Crippen LogP contribution in [0.25, 0.3) is 11.4 Å². The predicted molar refractivity (Wildman–Crippen MR) is 120 cm³/mol. The summed E-state index contributed by atoms with van der Waals surface area (Å²) in [7, 11) is -2.35. The molecule has 0 fully saturated rings. The van der Waals surface area contributed by atoms with Crippen LogP contribution < -0.4 is 10.1 Å². The summed E-state index contributed by atoms with van der Waals surface area (Å²) < 4.78 is 32.8. The van der Waals surface area contributed by atoms with Crippen molar-refractivity contribution in [3.8, 4) is 17.1 Å². The molecule has 0 amide bonds. The monoisotopic (exact) mass is 434 g/mol. The van der Waals surface area contributed by atoms with Gasteiger partial charge in [-0.2, -0.15) is 13.4 Å². The maximum Gasteiger partial charge on any atom is 0.286 e. The number of anilines is 1. The Labute approximate surface area is 181 Å². The molecule has 4 rings (SSSR count). The molecule has 0 aliphatic heterocycles. The Morgan fingerprint density at radius 3 is 2.26 bits per heavy atom. The van der Waals surface area contributed by atoms with Gasteiger partial charge in [0, 0.05) is 12.1 Å². The molecule has 0 saturated carbocycles. The number of benzene rings is 3. The fourth-order valence-electron chi connectivity index (χ4n) is 3.02. The number of ether oxygens (including phenoxy) is 1. The van der Waals surface area contributed by atoms with Crippen LogP contribution in [0.4, 0.5) is 5.95 Å². The van der Waals surface area contributed by atoms with Gasteiger partial charge in [0.1, 0.15) is 5.75 Å². The first-order valence-corrected chi connectivity index (χ1v) is 11.1. The SMILES string of the molecule is COc1ccc(-c2nc(NCc3ccccc3)n(S(=O)(=O)c3ccc(C)cc3)n2)cc1. The molecule has 1 N–H and O–H groups in total. The molecule has 1 aromatic heterocycles. The summed E-state index contributed by atoms with van der Waals surface area (Å²) in [6.45, 7) is 2.31. The Morgan fingerprint density at radius 1 is 0.935 bits per heavy atom. The number of aromatic nitrogens is 3. The van der Waals surface area contributed by atoms with E-state index in [9.17, 15) is 8.42 Å². The van der Waals surface area contributed by atoms with Gasteiger partial charge in [0.05, 0.1) is 12.0 Å². The Bertz CT molecular complexity index is 1270. The molecule has 0 radical (unpaired) electrons. The molecule has 8 heteroatoms. The molecule has 0 unspecified atom stereocenters. The van der Waals surface area contributed by atoms with E-state index in [1.807, 2.05) is 37.3 Å². The van der Waals surface area contributed by atoms with Gasteiger partial charge in [0.15, 0.2) is 5.82 Å². The summed E-state index contributed by atoms with van der Waals surface area (Å²) in [5.41, 5.74) is 2.65. The van der Waals surface area contributed by atoms with Gasteiger partial charge < -0.3 is 10.1 Å². The molecular weight excluding hydrogens is 412 g/mol. The molecule has 0 atom stereocenters. The molecule has 0 bridgehead atoms. The topological polar surface area (TPSA) is 86.1 Å². The highest BCUT2D eigenvalue weighted by Crippen LogP contribution is 2.24. The highest BCUT2D eigenvalue weighted by atomic mass is 32.2. The Balaban J connectivity index is 1.75. The van der Waals surface area contributed by atoms with Crippen LogP contribution in [0.2, 0.25) is 0 Å². The molecule has 0 saturated heterocycles. The van der Waals surface area contributed by atoms with Crippen LogP contribution in [0, 0.1) is 6.92 Å². The van der Waals surface area contributed by atoms with Crippen LogP contribution in [0.3, 0.4) is 0 Å². The van der Waals surface area contributed by atoms with E-state index in [0.29, 0.717) is 23.7 Å². The zero-order chi connectivity index (χ0) is 21.8. The van der Waals surface area contributed by atoms with Gasteiger partial charge in [0.2, 0.25) is 5.95 Å². The van der Waals surface area contributed by atoms with Crippen molar-refractivity contribution in [1.29, 1.82) is 0 Å². The van der Waals surface area contributed by atoms with E-state index >= 15 is 0 Å². The third-order valence-electron chi connectivity index (χ3n) is 4.77. The Morgan fingerprint density at radius 2 is 1.61 bits per heavy atom. The predicted octanol–water partition coefficient (Wildman–Crippen LogP) is 4.11. The normalized spacial score (nSPS) is 11.3. The van der Waals surface area contributed by atoms with E-state index in [1.54, 1.807) is 55.6 Å². The molecule has 0 aliphatic carbocycles. The van der Waals surface area contributed by atoms with Gasteiger partial charge in [-0.1, -0.05) is 48.0 Å². The molecule has 7 nitrogen and oxygen atoms in total. The second-order valence-electron chi connectivity index (χ2n) is 6.99. The first kappa shape index (κ1) is 20.6. The Hall–Kier alpha value is -3.65. The van der Waals surface area contributed by atoms with Crippen molar-refractivity contribution in [2.75, 3.05) is 12.4 Å². The van der Waals surface area contributed by atoms with Gasteiger partial charge in [-0.25, -0.2) is 0 Å². The smallest absolute Gasteiger partial charge is 0.286 e. The maximum atomic E-state index is 13.3. The maximum absolute atomic E-state index is 13.3. The molecule has 0 spiro atoms. The fourth-order valence-corrected chi connectivity index (χ4v) is 4.22. The van der Waals surface area contributed by atoms with Gasteiger partial charge in [-0.3, -0.25) is 0 Å². The van der Waals surface area contributed by atoms with Crippen LogP contribution in [-0.2, 0) is 16.6 Å². The number of rotatable bonds is 7. The van der Waals surface area contributed by atoms with E-state index in [2.05, 4.69) is 15.4 Å². The first-order valence-electron chi connectivity index (χ1n) is 9.69. The average Bonchev–Trinajstić information content (AvgIpc) is 3.24. The van der Waals surface area contributed by atoms with Crippen LogP contribution in [0.15, 0.2) is 83.8 Å². The van der Waals surface area contributed by atoms with Gasteiger partial charge >= 0.3 is 0 Å². The lowest BCUT2D eigenvalue weighted by molar-refractivity contribution is 0.415. The lowest BCUT2D eigenvalue weighted by atomic mass is 10.2. The summed E-state index contributed by atoms with van der Waals surface area (Å²) in [5.74, 6) is 1.14. The highest BCUT2D eigenvalue weighted by Gasteiger charge is 2.24. The van der Waals surface area contributed by atoms with E-state index in [4.69, 9.17) is 4.74 Å². The molecule has 3 aromatic carbocycles. The number of hydrogen-bond donors (Lipinski definition) is 1. The van der Waals surface area contributed by atoms with Crippen molar-refractivity contribution in [3.63, 3.8) is 0 Å². The molecule has 4 aromatic rings. The lowest BCUT2D eigenvalue weighted by Gasteiger charge is -2.09. The van der Waals surface area contributed by atoms with E-state index in [1.165, 1.54) is 0 Å². The number of aryl methyl sites for hydroxylation is 1. The molecule has 1 heterocycles. The summed E-state index contributed by atoms with van der Waals surface area (Å²) in [6.07, 6.45) is 0. The zero-order valence-electron chi connectivity index (χ0n) is 17.2. The standard InChI is InChI=1S/C23H22N4O3S/c1-17-8-14-21(15-9-17)31(28,29)27-23(24-16-18-6-4-3-5-7-18)25-22(26-27)19-10-12-20(30-2)13-11-19/h3-15H,16H2,1-2H3,(H,24,25,26). The van der Waals surface area contributed by atoms with Gasteiger partial charge in [-0.15, -0.1) is 9.19 Å². The molecular formula is C23H22N4O3S. The summed E-state index contributed by atoms with van der Waals surface area (Å²) in [4.78, 5) is 4.63. The summed E-state index contributed by atoms with van der Waals surface area (Å²) in [5, 5.41) is 7.45. The molecule has 158 valence electrons. The minimum absolute atomic E-state index is 0.145. The molecule has 31 heavy (non-hydrogen) atoms. The largest absolute Gasteiger partial charge is 0.497 e. The average molecular weight is 435 g/mol. The lowest BCUT2D eigenvalue weighted by Crippen LogP contribution is -2.18. The minimum Gasteiger partial charge on any atom is -0.497 e. The van der Waals surface area contributed by atoms with Crippen LogP contribution in [0.1, 0.15) is 11.1 Å². The second-order valence-corrected chi connectivity index (χ2v) is 8.76. The van der Waals surface area contributed by atoms with Crippen LogP contribution in [0.5, 0.6) is 5.75 Å². The van der Waals surface area contributed by atoms with Crippen molar-refractivity contribution >= 4 is 16.0 Å². The zero-order valence-corrected chi connectivity index (χ0v) is 18.0. The first-order chi connectivity index (χ1) is 15.0. The van der Waals surface area contributed by atoms with Crippen LogP contribution in [-0.4, -0.2) is 29.7 Å². The van der Waals surface area contributed by atoms with E-state index < -0.39 is 10.0 Å². The van der Waals surface area contributed by atoms with Crippen molar-refractivity contribution in [2.24, 2.45) is 0 Å². The highest BCUT2D eigenvalue weighted by molar-refractivity contribution is 7.90. The Kier molecular flexibility index (Phi) is 5.73. The van der Waals surface area contributed by atoms with Crippen molar-refractivity contribution in [3.05, 3.63) is 90.0 Å². The second kappa shape index (κ2) is 8.61. The molecule has 0 aliphatic rings. The van der Waals surface area contributed by atoms with Crippen molar-refractivity contribution < 1.29 is 13.2 Å². The number of nitrogens with one attached hydrogen (secondary N) is 1.